The summed E-state index contributed by atoms with van der Waals surface area (Å²) >= 11 is 3.69. The molecule has 0 saturated heterocycles. The third-order valence-electron chi connectivity index (χ3n) is 4.26. The molecule has 0 aliphatic carbocycles. The quantitative estimate of drug-likeness (QED) is 0.130. The Hall–Kier alpha value is -1.92. The molecule has 32 heavy (non-hydrogen) atoms. The number of hydrogen-bond donors (Lipinski definition) is 5. The molecule has 0 unspecified atom stereocenters. The highest BCUT2D eigenvalue weighted by atomic mass is 79.9. The number of amides is 1. The summed E-state index contributed by atoms with van der Waals surface area (Å²) in [4.78, 5) is 39.9. The lowest BCUT2D eigenvalue weighted by Gasteiger charge is -2.22. The maximum absolute atomic E-state index is 11.8. The van der Waals surface area contributed by atoms with Gasteiger partial charge >= 0.3 is 7.82 Å². The maximum atomic E-state index is 11.8. The van der Waals surface area contributed by atoms with E-state index in [4.69, 9.17) is 15.5 Å². The Labute approximate surface area is 197 Å². The third kappa shape index (κ3) is 8.21. The molecule has 0 radical (unpaired) electrons. The van der Waals surface area contributed by atoms with Crippen molar-refractivity contribution in [1.29, 1.82) is 0 Å². The van der Waals surface area contributed by atoms with E-state index in [9.17, 15) is 14.5 Å². The van der Waals surface area contributed by atoms with Crippen LogP contribution in [0.3, 0.4) is 0 Å². The fourth-order valence-electron chi connectivity index (χ4n) is 2.62. The van der Waals surface area contributed by atoms with Crippen LogP contribution in [-0.4, -0.2) is 47.8 Å². The first-order valence-electron chi connectivity index (χ1n) is 9.23. The van der Waals surface area contributed by atoms with E-state index in [0.29, 0.717) is 45.3 Å². The van der Waals surface area contributed by atoms with Crippen molar-refractivity contribution in [3.63, 3.8) is 0 Å². The second-order valence-corrected chi connectivity index (χ2v) is 9.95. The number of carbonyl (C=O) groups excluding carboxylic acids is 1. The van der Waals surface area contributed by atoms with E-state index in [1.165, 1.54) is 11.1 Å². The Balaban J connectivity index is 2.41. The normalized spacial score (nSPS) is 13.2. The Morgan fingerprint density at radius 2 is 2.12 bits per heavy atom. The molecular formula is C19H24BrN4O6PS. The first kappa shape index (κ1) is 26.3. The predicted molar refractivity (Wildman–Crippen MR) is 128 cm³/mol. The van der Waals surface area contributed by atoms with Crippen LogP contribution in [0, 0.1) is 6.92 Å². The van der Waals surface area contributed by atoms with Crippen molar-refractivity contribution >= 4 is 52.4 Å². The number of aliphatic hydroxyl groups is 1. The minimum atomic E-state index is -4.67. The van der Waals surface area contributed by atoms with Crippen LogP contribution < -0.4 is 5.73 Å². The largest absolute Gasteiger partial charge is 0.469 e. The van der Waals surface area contributed by atoms with Gasteiger partial charge in [-0.3, -0.25) is 9.32 Å². The van der Waals surface area contributed by atoms with E-state index in [2.05, 4.69) is 30.4 Å². The van der Waals surface area contributed by atoms with Crippen molar-refractivity contribution < 1.29 is 28.8 Å². The van der Waals surface area contributed by atoms with Gasteiger partial charge in [0.05, 0.1) is 13.2 Å². The molecule has 0 aliphatic heterocycles. The number of nitrogens with two attached hydrogens (primary N) is 1. The number of aryl methyl sites for hydroxylation is 1. The average Bonchev–Trinajstić information content (AvgIpc) is 2.71. The fraction of sp³-hybridized carbons (Fsp3) is 0.263. The number of aliphatic hydroxyl groups excluding tert-OH is 1. The zero-order chi connectivity index (χ0) is 23.9. The summed E-state index contributed by atoms with van der Waals surface area (Å²) in [5, 5.41) is 10.7. The number of carbonyl (C=O) groups is 1. The lowest BCUT2D eigenvalue weighted by molar-refractivity contribution is -0.116. The van der Waals surface area contributed by atoms with E-state index in [-0.39, 0.29) is 30.4 Å². The third-order valence-corrected chi connectivity index (χ3v) is 6.56. The summed E-state index contributed by atoms with van der Waals surface area (Å²) < 4.78 is 16.4. The van der Waals surface area contributed by atoms with Crippen molar-refractivity contribution in [3.05, 3.63) is 62.5 Å². The minimum absolute atomic E-state index is 0.000798. The van der Waals surface area contributed by atoms with Crippen molar-refractivity contribution in [2.45, 2.75) is 26.8 Å². The molecule has 0 atom stereocenters. The van der Waals surface area contributed by atoms with Gasteiger partial charge in [0.2, 0.25) is 6.41 Å². The number of anilines is 1. The first-order valence-corrected chi connectivity index (χ1v) is 12.4. The number of phosphoric ester groups is 1. The summed E-state index contributed by atoms with van der Waals surface area (Å²) in [6.07, 6.45) is 2.19. The molecule has 0 bridgehead atoms. The molecule has 0 aliphatic rings. The maximum Gasteiger partial charge on any atom is 0.469 e. The summed E-state index contributed by atoms with van der Waals surface area (Å²) in [6, 6.07) is 7.01. The number of benzene rings is 1. The van der Waals surface area contributed by atoms with Gasteiger partial charge in [0.1, 0.15) is 16.7 Å². The molecule has 13 heteroatoms. The molecule has 174 valence electrons. The van der Waals surface area contributed by atoms with Gasteiger partial charge in [0, 0.05) is 38.8 Å². The van der Waals surface area contributed by atoms with Crippen LogP contribution in [0.4, 0.5) is 5.82 Å². The number of halogens is 1. The Kier molecular flexibility index (Phi) is 9.71. The van der Waals surface area contributed by atoms with Crippen LogP contribution in [0.2, 0.25) is 0 Å². The summed E-state index contributed by atoms with van der Waals surface area (Å²) in [6.45, 7) is 3.13. The van der Waals surface area contributed by atoms with Gasteiger partial charge in [-0.1, -0.05) is 28.1 Å². The standard InChI is InChI=1S/C19H24BrN4O6PS/c1-12(24(11-25)10-15-9-22-13(2)23-18(15)21)17(6-7-30-31(27,28)29)32-19(26)14-4-3-5-16(20)8-14/h3-5,8-9,11,26,32H,6-7,10H2,1-2H3,(H2,21,22,23)(H2,27,28,29)/b17-12-. The minimum Gasteiger partial charge on any atom is -0.383 e. The van der Waals surface area contributed by atoms with Gasteiger partial charge in [-0.2, -0.15) is 0 Å². The molecule has 0 saturated carbocycles. The second kappa shape index (κ2) is 11.8. The Morgan fingerprint density at radius 1 is 1.41 bits per heavy atom. The zero-order valence-electron chi connectivity index (χ0n) is 17.3. The van der Waals surface area contributed by atoms with Crippen molar-refractivity contribution in [1.82, 2.24) is 14.9 Å². The molecule has 2 rings (SSSR count). The Bertz CT molecular complexity index is 1090. The number of phosphoric acid groups is 1. The zero-order valence-corrected chi connectivity index (χ0v) is 20.7. The van der Waals surface area contributed by atoms with E-state index in [1.807, 2.05) is 6.07 Å². The van der Waals surface area contributed by atoms with Crippen LogP contribution in [0.25, 0.3) is 0 Å². The number of nitrogen functional groups attached to an aromatic ring is 1. The van der Waals surface area contributed by atoms with Gasteiger partial charge in [0.25, 0.3) is 0 Å². The van der Waals surface area contributed by atoms with Crippen molar-refractivity contribution in [3.8, 4) is 0 Å². The summed E-state index contributed by atoms with van der Waals surface area (Å²) in [7, 11) is -4.67. The Morgan fingerprint density at radius 3 is 2.72 bits per heavy atom. The monoisotopic (exact) mass is 546 g/mol. The van der Waals surface area contributed by atoms with Crippen LogP contribution >= 0.6 is 35.1 Å². The molecular weight excluding hydrogens is 523 g/mol. The highest BCUT2D eigenvalue weighted by Gasteiger charge is 2.17. The van der Waals surface area contributed by atoms with Gasteiger partial charge in [0.15, 0.2) is 0 Å². The van der Waals surface area contributed by atoms with Crippen molar-refractivity contribution in [2.75, 3.05) is 12.3 Å². The average molecular weight is 547 g/mol. The number of thiol groups is 1. The number of aromatic nitrogens is 2. The molecule has 5 N–H and O–H groups in total. The van der Waals surface area contributed by atoms with E-state index >= 15 is 0 Å². The molecule has 2 aromatic rings. The highest BCUT2D eigenvalue weighted by molar-refractivity contribution is 9.10. The first-order chi connectivity index (χ1) is 15.0. The molecule has 1 aromatic heterocycles. The fourth-order valence-corrected chi connectivity index (χ4v) is 4.36. The number of nitrogens with zero attached hydrogens (tertiary/aromatic N) is 3. The van der Waals surface area contributed by atoms with Gasteiger partial charge in [-0.15, -0.1) is 11.4 Å². The van der Waals surface area contributed by atoms with Crippen LogP contribution in [0.15, 0.2) is 45.5 Å². The molecule has 0 fully saturated rings. The summed E-state index contributed by atoms with van der Waals surface area (Å²) in [5.41, 5.74) is 7.49. The van der Waals surface area contributed by atoms with Crippen molar-refractivity contribution in [2.24, 2.45) is 0 Å². The highest BCUT2D eigenvalue weighted by Crippen LogP contribution is 2.36. The van der Waals surface area contributed by atoms with E-state index < -0.39 is 7.82 Å². The molecule has 1 heterocycles. The van der Waals surface area contributed by atoms with Gasteiger partial charge < -0.3 is 25.5 Å². The predicted octanol–water partition coefficient (Wildman–Crippen LogP) is 3.02. The molecule has 10 nitrogen and oxygen atoms in total. The number of rotatable bonds is 10. The SMILES string of the molecule is C/C(=C(CCOP(=O)(O)O)/[SH]=C(\O)c1cccc(Br)c1)N(C=O)Cc1cnc(C)nc1N. The second-order valence-electron chi connectivity index (χ2n) is 6.61. The number of allylic oxidation sites excluding steroid dienone is 1. The van der Waals surface area contributed by atoms with E-state index in [1.54, 1.807) is 32.0 Å². The lowest BCUT2D eigenvalue weighted by atomic mass is 10.2. The molecule has 1 aromatic carbocycles. The van der Waals surface area contributed by atoms with Gasteiger partial charge in [-0.05, 0) is 26.0 Å². The smallest absolute Gasteiger partial charge is 0.383 e. The number of hydrogen-bond acceptors (Lipinski definition) is 6. The summed E-state index contributed by atoms with van der Waals surface area (Å²) in [5.74, 6) is 0.739. The van der Waals surface area contributed by atoms with Gasteiger partial charge in [-0.25, -0.2) is 14.5 Å². The lowest BCUT2D eigenvalue weighted by Crippen LogP contribution is -2.22. The van der Waals surface area contributed by atoms with Crippen LogP contribution in [-0.2, 0) is 20.4 Å². The molecule has 1 amide bonds. The topological polar surface area (TPSA) is 159 Å². The molecule has 0 spiro atoms. The van der Waals surface area contributed by atoms with E-state index in [0.717, 1.165) is 4.47 Å². The van der Waals surface area contributed by atoms with Crippen LogP contribution in [0.1, 0.15) is 30.3 Å². The van der Waals surface area contributed by atoms with Crippen LogP contribution in [0.5, 0.6) is 0 Å².